The van der Waals surface area contributed by atoms with Crippen molar-refractivity contribution in [3.8, 4) is 0 Å². The monoisotopic (exact) mass is 428 g/mol. The molecule has 0 aliphatic rings. The number of nitrogen functional groups attached to an aromatic ring is 1. The number of nitrogens with one attached hydrogen (secondary N) is 2. The average molecular weight is 428 g/mol. The van der Waals surface area contributed by atoms with Crippen molar-refractivity contribution >= 4 is 39.3 Å². The van der Waals surface area contributed by atoms with Crippen LogP contribution in [0, 0.1) is 6.92 Å². The summed E-state index contributed by atoms with van der Waals surface area (Å²) in [7, 11) is -3.56. The Kier molecular flexibility index (Phi) is 6.11. The van der Waals surface area contributed by atoms with Crippen molar-refractivity contribution in [2.45, 2.75) is 13.5 Å². The standard InChI is InChI=1S/C19H20N6O4S/c1-12-7-3-5-9-14(12)21-19-23-16(22-18(20)24-19)11-29-17(26)13-8-4-6-10-15(13)25-30(2,27)28/h3-10,25H,11H2,1-2H3,(H3,20,21,22,23,24). The Bertz CT molecular complexity index is 1180. The first-order chi connectivity index (χ1) is 14.2. The third-order valence-corrected chi connectivity index (χ3v) is 4.46. The number of rotatable bonds is 7. The third kappa shape index (κ3) is 5.64. The van der Waals surface area contributed by atoms with Gasteiger partial charge in [-0.2, -0.15) is 15.0 Å². The van der Waals surface area contributed by atoms with Gasteiger partial charge in [0.2, 0.25) is 21.9 Å². The van der Waals surface area contributed by atoms with Crippen LogP contribution in [-0.4, -0.2) is 35.6 Å². The van der Waals surface area contributed by atoms with Crippen molar-refractivity contribution in [2.24, 2.45) is 0 Å². The molecule has 0 saturated heterocycles. The number of benzene rings is 2. The minimum atomic E-state index is -3.56. The number of carbonyl (C=O) groups excluding carboxylic acids is 1. The molecule has 1 heterocycles. The molecule has 3 aromatic rings. The van der Waals surface area contributed by atoms with E-state index < -0.39 is 16.0 Å². The van der Waals surface area contributed by atoms with Crippen LogP contribution in [0.4, 0.5) is 23.3 Å². The van der Waals surface area contributed by atoms with Crippen molar-refractivity contribution in [3.05, 3.63) is 65.5 Å². The van der Waals surface area contributed by atoms with Gasteiger partial charge in [-0.25, -0.2) is 13.2 Å². The summed E-state index contributed by atoms with van der Waals surface area (Å²) in [6.07, 6.45) is 0.992. The van der Waals surface area contributed by atoms with Gasteiger partial charge in [0.25, 0.3) is 0 Å². The Hall–Kier alpha value is -3.73. The molecule has 0 spiro atoms. The summed E-state index contributed by atoms with van der Waals surface area (Å²) in [5, 5.41) is 3.05. The molecule has 0 radical (unpaired) electrons. The fraction of sp³-hybridized carbons (Fsp3) is 0.158. The van der Waals surface area contributed by atoms with Gasteiger partial charge in [-0.1, -0.05) is 30.3 Å². The fourth-order valence-electron chi connectivity index (χ4n) is 2.55. The number of carbonyl (C=O) groups is 1. The van der Waals surface area contributed by atoms with E-state index in [0.717, 1.165) is 17.5 Å². The second-order valence-electron chi connectivity index (χ2n) is 6.37. The number of aromatic nitrogens is 3. The Morgan fingerprint density at radius 1 is 1.03 bits per heavy atom. The lowest BCUT2D eigenvalue weighted by molar-refractivity contribution is 0.0463. The van der Waals surface area contributed by atoms with Crippen LogP contribution >= 0.6 is 0 Å². The SMILES string of the molecule is Cc1ccccc1Nc1nc(N)nc(COC(=O)c2ccccc2NS(C)(=O)=O)n1. The summed E-state index contributed by atoms with van der Waals surface area (Å²) in [6.45, 7) is 1.65. The lowest BCUT2D eigenvalue weighted by Crippen LogP contribution is -2.15. The zero-order valence-electron chi connectivity index (χ0n) is 16.3. The number of esters is 1. The molecule has 1 aromatic heterocycles. The van der Waals surface area contributed by atoms with Crippen LogP contribution in [0.25, 0.3) is 0 Å². The lowest BCUT2D eigenvalue weighted by atomic mass is 10.2. The Balaban J connectivity index is 1.74. The van der Waals surface area contributed by atoms with Gasteiger partial charge in [0, 0.05) is 5.69 Å². The van der Waals surface area contributed by atoms with Gasteiger partial charge < -0.3 is 15.8 Å². The van der Waals surface area contributed by atoms with Crippen molar-refractivity contribution in [3.63, 3.8) is 0 Å². The smallest absolute Gasteiger partial charge is 0.340 e. The minimum absolute atomic E-state index is 0.0359. The van der Waals surface area contributed by atoms with E-state index in [2.05, 4.69) is 25.0 Å². The molecule has 0 atom stereocenters. The lowest BCUT2D eigenvalue weighted by Gasteiger charge is -2.11. The normalized spacial score (nSPS) is 11.0. The maximum atomic E-state index is 12.5. The predicted octanol–water partition coefficient (Wildman–Crippen LogP) is 2.23. The fourth-order valence-corrected chi connectivity index (χ4v) is 3.13. The van der Waals surface area contributed by atoms with Gasteiger partial charge in [0.15, 0.2) is 12.4 Å². The molecule has 0 aliphatic heterocycles. The zero-order valence-corrected chi connectivity index (χ0v) is 17.1. The molecule has 0 unspecified atom stereocenters. The molecule has 4 N–H and O–H groups in total. The average Bonchev–Trinajstić information content (AvgIpc) is 2.67. The minimum Gasteiger partial charge on any atom is -0.454 e. The van der Waals surface area contributed by atoms with E-state index >= 15 is 0 Å². The van der Waals surface area contributed by atoms with Crippen LogP contribution in [-0.2, 0) is 21.4 Å². The number of ether oxygens (including phenoxy) is 1. The molecule has 0 aliphatic carbocycles. The number of sulfonamides is 1. The Morgan fingerprint density at radius 3 is 2.40 bits per heavy atom. The van der Waals surface area contributed by atoms with Gasteiger partial charge in [-0.3, -0.25) is 4.72 Å². The molecular formula is C19H20N6O4S. The summed E-state index contributed by atoms with van der Waals surface area (Å²) >= 11 is 0. The summed E-state index contributed by atoms with van der Waals surface area (Å²) in [5.41, 5.74) is 7.70. The number of nitrogens with zero attached hydrogens (tertiary/aromatic N) is 3. The third-order valence-electron chi connectivity index (χ3n) is 3.87. The predicted molar refractivity (Wildman–Crippen MR) is 113 cm³/mol. The molecule has 30 heavy (non-hydrogen) atoms. The summed E-state index contributed by atoms with van der Waals surface area (Å²) in [4.78, 5) is 24.7. The van der Waals surface area contributed by atoms with E-state index in [9.17, 15) is 13.2 Å². The Labute approximate surface area is 173 Å². The number of hydrogen-bond donors (Lipinski definition) is 3. The van der Waals surface area contributed by atoms with E-state index in [4.69, 9.17) is 10.5 Å². The highest BCUT2D eigenvalue weighted by molar-refractivity contribution is 7.92. The molecule has 0 amide bonds. The van der Waals surface area contributed by atoms with E-state index in [1.165, 1.54) is 12.1 Å². The first kappa shape index (κ1) is 21.0. The van der Waals surface area contributed by atoms with Crippen LogP contribution in [0.15, 0.2) is 48.5 Å². The number of para-hydroxylation sites is 2. The highest BCUT2D eigenvalue weighted by atomic mass is 32.2. The van der Waals surface area contributed by atoms with Gasteiger partial charge >= 0.3 is 5.97 Å². The summed E-state index contributed by atoms with van der Waals surface area (Å²) < 4.78 is 30.5. The van der Waals surface area contributed by atoms with Crippen LogP contribution in [0.3, 0.4) is 0 Å². The summed E-state index contributed by atoms with van der Waals surface area (Å²) in [5.74, 6) is -0.428. The molecular weight excluding hydrogens is 408 g/mol. The molecule has 156 valence electrons. The van der Waals surface area contributed by atoms with Gasteiger partial charge in [0.1, 0.15) is 0 Å². The largest absolute Gasteiger partial charge is 0.454 e. The molecule has 3 rings (SSSR count). The summed E-state index contributed by atoms with van der Waals surface area (Å²) in [6, 6.07) is 13.7. The van der Waals surface area contributed by atoms with Crippen LogP contribution < -0.4 is 15.8 Å². The number of aryl methyl sites for hydroxylation is 1. The first-order valence-electron chi connectivity index (χ1n) is 8.78. The zero-order chi connectivity index (χ0) is 21.7. The van der Waals surface area contributed by atoms with Gasteiger partial charge in [-0.05, 0) is 30.7 Å². The molecule has 10 nitrogen and oxygen atoms in total. The van der Waals surface area contributed by atoms with Crippen LogP contribution in [0.5, 0.6) is 0 Å². The molecule has 0 saturated carbocycles. The van der Waals surface area contributed by atoms with E-state index in [1.807, 2.05) is 31.2 Å². The second kappa shape index (κ2) is 8.74. The van der Waals surface area contributed by atoms with E-state index in [1.54, 1.807) is 12.1 Å². The van der Waals surface area contributed by atoms with Crippen molar-refractivity contribution in [2.75, 3.05) is 22.0 Å². The van der Waals surface area contributed by atoms with Crippen molar-refractivity contribution in [1.82, 2.24) is 15.0 Å². The maximum Gasteiger partial charge on any atom is 0.340 e. The van der Waals surface area contributed by atoms with Gasteiger partial charge in [0.05, 0.1) is 17.5 Å². The van der Waals surface area contributed by atoms with Crippen molar-refractivity contribution in [1.29, 1.82) is 0 Å². The highest BCUT2D eigenvalue weighted by Crippen LogP contribution is 2.19. The molecule has 2 aromatic carbocycles. The van der Waals surface area contributed by atoms with E-state index in [0.29, 0.717) is 0 Å². The number of nitrogens with two attached hydrogens (primary N) is 1. The van der Waals surface area contributed by atoms with Crippen LogP contribution in [0.1, 0.15) is 21.7 Å². The molecule has 11 heteroatoms. The molecule has 0 fully saturated rings. The topological polar surface area (TPSA) is 149 Å². The van der Waals surface area contributed by atoms with Crippen molar-refractivity contribution < 1.29 is 17.9 Å². The number of anilines is 4. The number of hydrogen-bond acceptors (Lipinski definition) is 9. The quantitative estimate of drug-likeness (QED) is 0.481. The van der Waals surface area contributed by atoms with Crippen LogP contribution in [0.2, 0.25) is 0 Å². The first-order valence-corrected chi connectivity index (χ1v) is 10.7. The molecule has 0 bridgehead atoms. The highest BCUT2D eigenvalue weighted by Gasteiger charge is 2.16. The second-order valence-corrected chi connectivity index (χ2v) is 8.12. The maximum absolute atomic E-state index is 12.5. The Morgan fingerprint density at radius 2 is 1.70 bits per heavy atom. The van der Waals surface area contributed by atoms with E-state index in [-0.39, 0.29) is 35.6 Å². The van der Waals surface area contributed by atoms with Gasteiger partial charge in [-0.15, -0.1) is 0 Å².